The van der Waals surface area contributed by atoms with Gasteiger partial charge >= 0.3 is 0 Å². The van der Waals surface area contributed by atoms with E-state index in [4.69, 9.17) is 15.2 Å². The molecule has 1 fully saturated rings. The molecule has 1 saturated heterocycles. The highest BCUT2D eigenvalue weighted by atomic mass is 19.1. The summed E-state index contributed by atoms with van der Waals surface area (Å²) in [5.74, 6) is -6.93. The number of carbonyl (C=O) groups excluding carboxylic acids is 1. The molecule has 12 heteroatoms. The maximum atomic E-state index is 14.9. The van der Waals surface area contributed by atoms with E-state index in [9.17, 15) is 22.4 Å². The molecule has 2 unspecified atom stereocenters. The number of nitrogens with zero attached hydrogens (tertiary/aromatic N) is 3. The number of guanidine groups is 1. The van der Waals surface area contributed by atoms with Crippen LogP contribution in [0.25, 0.3) is 0 Å². The number of pyridine rings is 1. The molecule has 0 bridgehead atoms. The molecule has 0 saturated carbocycles. The summed E-state index contributed by atoms with van der Waals surface area (Å²) < 4.78 is 71.3. The molecular formula is C21H22F4N4O4. The van der Waals surface area contributed by atoms with Gasteiger partial charge in [0, 0.05) is 45.6 Å². The summed E-state index contributed by atoms with van der Waals surface area (Å²) in [4.78, 5) is 21.4. The summed E-state index contributed by atoms with van der Waals surface area (Å²) >= 11 is 0. The van der Waals surface area contributed by atoms with E-state index in [0.29, 0.717) is 18.3 Å². The molecule has 1 aromatic heterocycles. The zero-order chi connectivity index (χ0) is 24.3. The number of rotatable bonds is 3. The average molecular weight is 470 g/mol. The molecule has 1 aromatic carbocycles. The van der Waals surface area contributed by atoms with Gasteiger partial charge in [-0.15, -0.1) is 0 Å². The Morgan fingerprint density at radius 2 is 1.85 bits per heavy atom. The molecule has 2 aliphatic rings. The fraction of sp³-hybridized carbons (Fsp3) is 0.381. The molecule has 0 spiro atoms. The smallest absolute Gasteiger partial charge is 0.256 e. The van der Waals surface area contributed by atoms with Crippen LogP contribution in [0.1, 0.15) is 12.0 Å². The van der Waals surface area contributed by atoms with Crippen LogP contribution in [0.3, 0.4) is 0 Å². The molecule has 178 valence electrons. The van der Waals surface area contributed by atoms with Gasteiger partial charge in [0.25, 0.3) is 5.95 Å². The van der Waals surface area contributed by atoms with E-state index in [2.05, 4.69) is 14.7 Å². The minimum atomic E-state index is -1.56. The second kappa shape index (κ2) is 9.71. The minimum absolute atomic E-state index is 0.159. The van der Waals surface area contributed by atoms with E-state index in [1.807, 2.05) is 0 Å². The standard InChI is InChI=1S/C19H16F4N4O3.C2H6O/c1-27-17(28)10-2-3-29-8-19(10,26-18(27)24)11-5-14(13(22)6-12(11)21)30-15-4-9(20)7-25-16(15)23;1-3-2/h4-7,10H,2-3,8H2,1H3,(H2,24,26);1-2H3. The maximum Gasteiger partial charge on any atom is 0.256 e. The summed E-state index contributed by atoms with van der Waals surface area (Å²) in [6.07, 6.45) is 0.856. The molecule has 2 N–H and O–H groups in total. The second-order valence-electron chi connectivity index (χ2n) is 7.40. The van der Waals surface area contributed by atoms with Gasteiger partial charge in [-0.3, -0.25) is 9.69 Å². The van der Waals surface area contributed by atoms with E-state index < -0.39 is 52.3 Å². The van der Waals surface area contributed by atoms with Crippen LogP contribution in [-0.2, 0) is 19.8 Å². The highest BCUT2D eigenvalue weighted by molar-refractivity contribution is 6.00. The average Bonchev–Trinajstić information content (AvgIpc) is 2.77. The number of halogens is 4. The Kier molecular flexibility index (Phi) is 7.18. The number of amides is 1. The van der Waals surface area contributed by atoms with Crippen LogP contribution in [0, 0.1) is 29.3 Å². The third kappa shape index (κ3) is 4.62. The Balaban J connectivity index is 0.000000968. The maximum absolute atomic E-state index is 14.9. The fourth-order valence-electron chi connectivity index (χ4n) is 3.69. The molecule has 2 aliphatic heterocycles. The number of benzene rings is 1. The van der Waals surface area contributed by atoms with Crippen LogP contribution in [-0.4, -0.2) is 56.2 Å². The number of hydrogen-bond donors (Lipinski definition) is 1. The number of fused-ring (bicyclic) bond motifs is 1. The molecule has 0 aliphatic carbocycles. The van der Waals surface area contributed by atoms with Crippen molar-refractivity contribution in [3.05, 3.63) is 53.4 Å². The quantitative estimate of drug-likeness (QED) is 0.547. The summed E-state index contributed by atoms with van der Waals surface area (Å²) in [6, 6.07) is 2.14. The van der Waals surface area contributed by atoms with Crippen LogP contribution in [0.2, 0.25) is 0 Å². The number of aliphatic imine (C=N–C) groups is 1. The number of methoxy groups -OCH3 is 1. The van der Waals surface area contributed by atoms with Crippen molar-refractivity contribution >= 4 is 11.9 Å². The first-order valence-corrected chi connectivity index (χ1v) is 9.73. The van der Waals surface area contributed by atoms with Crippen LogP contribution in [0.5, 0.6) is 11.5 Å². The van der Waals surface area contributed by atoms with E-state index in [-0.39, 0.29) is 31.2 Å². The van der Waals surface area contributed by atoms with Crippen molar-refractivity contribution in [1.82, 2.24) is 9.88 Å². The van der Waals surface area contributed by atoms with Crippen molar-refractivity contribution in [2.45, 2.75) is 12.0 Å². The molecular weight excluding hydrogens is 448 g/mol. The zero-order valence-electron chi connectivity index (χ0n) is 18.1. The summed E-state index contributed by atoms with van der Waals surface area (Å²) in [7, 11) is 4.69. The molecule has 2 atom stereocenters. The Morgan fingerprint density at radius 3 is 2.55 bits per heavy atom. The van der Waals surface area contributed by atoms with Crippen molar-refractivity contribution in [3.8, 4) is 11.5 Å². The van der Waals surface area contributed by atoms with Crippen LogP contribution < -0.4 is 10.5 Å². The molecule has 8 nitrogen and oxygen atoms in total. The molecule has 2 aromatic rings. The minimum Gasteiger partial charge on any atom is -0.449 e. The molecule has 33 heavy (non-hydrogen) atoms. The first-order chi connectivity index (χ1) is 15.6. The lowest BCUT2D eigenvalue weighted by atomic mass is 9.74. The largest absolute Gasteiger partial charge is 0.449 e. The number of ether oxygens (including phenoxy) is 3. The Morgan fingerprint density at radius 1 is 1.15 bits per heavy atom. The monoisotopic (exact) mass is 470 g/mol. The topological polar surface area (TPSA) is 99.3 Å². The predicted octanol–water partition coefficient (Wildman–Crippen LogP) is 2.71. The predicted molar refractivity (Wildman–Crippen MR) is 109 cm³/mol. The van der Waals surface area contributed by atoms with Crippen LogP contribution in [0.15, 0.2) is 29.4 Å². The molecule has 1 amide bonds. The summed E-state index contributed by atoms with van der Waals surface area (Å²) in [6.45, 7) is 0.0591. The molecule has 0 radical (unpaired) electrons. The SMILES string of the molecule is CN1C(=O)C2CCOCC2(c2cc(Oc3cc(F)cnc3F)c(F)cc2F)N=C1N.COC. The molecule has 3 heterocycles. The van der Waals surface area contributed by atoms with E-state index >= 15 is 0 Å². The van der Waals surface area contributed by atoms with Gasteiger partial charge in [-0.1, -0.05) is 0 Å². The van der Waals surface area contributed by atoms with E-state index in [1.165, 1.54) is 7.05 Å². The third-order valence-corrected chi connectivity index (χ3v) is 5.22. The van der Waals surface area contributed by atoms with Gasteiger partial charge in [-0.2, -0.15) is 4.39 Å². The highest BCUT2D eigenvalue weighted by Crippen LogP contribution is 2.45. The number of nitrogens with two attached hydrogens (primary N) is 1. The number of hydrogen-bond acceptors (Lipinski definition) is 7. The lowest BCUT2D eigenvalue weighted by molar-refractivity contribution is -0.140. The van der Waals surface area contributed by atoms with Crippen molar-refractivity contribution in [1.29, 1.82) is 0 Å². The zero-order valence-corrected chi connectivity index (χ0v) is 18.1. The van der Waals surface area contributed by atoms with Gasteiger partial charge in [0.2, 0.25) is 5.91 Å². The van der Waals surface area contributed by atoms with Gasteiger partial charge in [-0.25, -0.2) is 23.1 Å². The van der Waals surface area contributed by atoms with Crippen molar-refractivity contribution in [2.24, 2.45) is 16.6 Å². The van der Waals surface area contributed by atoms with Gasteiger partial charge in [-0.05, 0) is 12.5 Å². The van der Waals surface area contributed by atoms with Crippen molar-refractivity contribution in [3.63, 3.8) is 0 Å². The fourth-order valence-corrected chi connectivity index (χ4v) is 3.69. The second-order valence-corrected chi connectivity index (χ2v) is 7.40. The lowest BCUT2D eigenvalue weighted by Crippen LogP contribution is -2.58. The van der Waals surface area contributed by atoms with Gasteiger partial charge in [0.1, 0.15) is 17.2 Å². The van der Waals surface area contributed by atoms with Gasteiger partial charge in [0.05, 0.1) is 18.7 Å². The number of aromatic nitrogens is 1. The Labute approximate surface area is 187 Å². The Bertz CT molecular complexity index is 1080. The van der Waals surface area contributed by atoms with Gasteiger partial charge < -0.3 is 19.9 Å². The summed E-state index contributed by atoms with van der Waals surface area (Å²) in [5, 5.41) is 0. The Hall–Kier alpha value is -3.25. The molecule has 4 rings (SSSR count). The van der Waals surface area contributed by atoms with E-state index in [1.54, 1.807) is 14.2 Å². The third-order valence-electron chi connectivity index (χ3n) is 5.22. The lowest BCUT2D eigenvalue weighted by Gasteiger charge is -2.45. The van der Waals surface area contributed by atoms with E-state index in [0.717, 1.165) is 11.0 Å². The summed E-state index contributed by atoms with van der Waals surface area (Å²) in [5.41, 5.74) is 4.08. The van der Waals surface area contributed by atoms with Gasteiger partial charge in [0.15, 0.2) is 23.3 Å². The van der Waals surface area contributed by atoms with Crippen LogP contribution in [0.4, 0.5) is 17.6 Å². The first-order valence-electron chi connectivity index (χ1n) is 9.73. The first kappa shape index (κ1) is 24.4. The number of carbonyl (C=O) groups is 1. The van der Waals surface area contributed by atoms with Crippen molar-refractivity contribution in [2.75, 3.05) is 34.5 Å². The normalized spacial score (nSPS) is 22.2. The van der Waals surface area contributed by atoms with Crippen molar-refractivity contribution < 1.29 is 36.6 Å². The highest BCUT2D eigenvalue weighted by Gasteiger charge is 2.53. The van der Waals surface area contributed by atoms with Crippen LogP contribution >= 0.6 is 0 Å².